The molecule has 2 aromatic carbocycles. The Morgan fingerprint density at radius 3 is 1.86 bits per heavy atom. The number of ketones is 1. The Bertz CT molecular complexity index is 1370. The number of carboxylic acids is 1. The minimum absolute atomic E-state index is 0.0509. The van der Waals surface area contributed by atoms with Crippen LogP contribution in [0.1, 0.15) is 19.4 Å². The van der Waals surface area contributed by atoms with Crippen molar-refractivity contribution < 1.29 is 24.9 Å². The molecule has 0 aliphatic rings. The van der Waals surface area contributed by atoms with Crippen LogP contribution in [0.5, 0.6) is 0 Å². The molecule has 12 heteroatoms. The average Bonchev–Trinajstić information content (AvgIpc) is 2.89. The van der Waals surface area contributed by atoms with Crippen LogP contribution in [0, 0.1) is 0 Å². The number of carboxylic acid groups (broad SMARTS) is 1. The highest BCUT2D eigenvalue weighted by atomic mass is 79.9. The highest BCUT2D eigenvalue weighted by Gasteiger charge is 2.28. The summed E-state index contributed by atoms with van der Waals surface area (Å²) < 4.78 is 0. The molecule has 2 atom stereocenters. The molecule has 0 unspecified atom stereocenters. The Labute approximate surface area is 230 Å². The van der Waals surface area contributed by atoms with E-state index in [1.807, 2.05) is 36.4 Å². The van der Waals surface area contributed by atoms with Gasteiger partial charge in [-0.2, -0.15) is 0 Å². The number of rotatable bonds is 6. The molecule has 5 N–H and O–H groups in total. The third-order valence-corrected chi connectivity index (χ3v) is 7.23. The van der Waals surface area contributed by atoms with Gasteiger partial charge in [-0.25, -0.2) is 24.7 Å². The molecule has 0 saturated carbocycles. The van der Waals surface area contributed by atoms with E-state index in [4.69, 9.17) is 15.9 Å². The van der Waals surface area contributed by atoms with Crippen LogP contribution in [-0.2, 0) is 16.0 Å². The SMILES string of the molecule is C[C@](O)(CBr)C(=O)Cc1ccc2ncncc2c1.C[C@](O)(CBr)C(=O)O.Nc1ccc2ncncc2c1. The number of Topliss-reactive ketones (excluding diaryl/α,β-unsaturated/α-hetero) is 1. The first-order chi connectivity index (χ1) is 17.4. The Hall–Kier alpha value is -3.06. The maximum Gasteiger partial charge on any atom is 0.336 e. The maximum absolute atomic E-state index is 11.9. The van der Waals surface area contributed by atoms with E-state index >= 15 is 0 Å². The van der Waals surface area contributed by atoms with E-state index in [-0.39, 0.29) is 22.9 Å². The van der Waals surface area contributed by atoms with Gasteiger partial charge in [-0.3, -0.25) is 4.79 Å². The van der Waals surface area contributed by atoms with Crippen LogP contribution in [0.25, 0.3) is 21.8 Å². The van der Waals surface area contributed by atoms with Crippen LogP contribution in [0.15, 0.2) is 61.4 Å². The van der Waals surface area contributed by atoms with Gasteiger partial charge in [0, 0.05) is 45.9 Å². The zero-order valence-corrected chi connectivity index (χ0v) is 23.3. The minimum Gasteiger partial charge on any atom is -0.479 e. The molecular formula is C25H27Br2N5O5. The number of nitrogen functional groups attached to an aromatic ring is 1. The number of carbonyl (C=O) groups excluding carboxylic acids is 1. The summed E-state index contributed by atoms with van der Waals surface area (Å²) in [6.07, 6.45) is 6.67. The number of aliphatic carboxylic acids is 1. The van der Waals surface area contributed by atoms with Gasteiger partial charge < -0.3 is 21.1 Å². The summed E-state index contributed by atoms with van der Waals surface area (Å²) in [4.78, 5) is 37.9. The molecule has 0 radical (unpaired) electrons. The number of alkyl halides is 2. The zero-order chi connectivity index (χ0) is 27.6. The number of fused-ring (bicyclic) bond motifs is 2. The number of halogens is 2. The Kier molecular flexibility index (Phi) is 11.0. The Morgan fingerprint density at radius 1 is 0.865 bits per heavy atom. The summed E-state index contributed by atoms with van der Waals surface area (Å²) in [6.45, 7) is 2.73. The van der Waals surface area contributed by atoms with Crippen molar-refractivity contribution in [3.05, 3.63) is 67.0 Å². The second-order valence-corrected chi connectivity index (χ2v) is 9.60. The van der Waals surface area contributed by atoms with Crippen LogP contribution in [0.2, 0.25) is 0 Å². The first kappa shape index (κ1) is 30.2. The fraction of sp³-hybridized carbons (Fsp3) is 0.280. The second-order valence-electron chi connectivity index (χ2n) is 8.48. The number of aliphatic hydroxyl groups is 2. The lowest BCUT2D eigenvalue weighted by atomic mass is 9.96. The number of nitrogens with two attached hydrogens (primary N) is 1. The number of hydrogen-bond donors (Lipinski definition) is 4. The van der Waals surface area contributed by atoms with E-state index in [0.717, 1.165) is 33.1 Å². The summed E-state index contributed by atoms with van der Waals surface area (Å²) in [5, 5.41) is 28.9. The normalized spacial score (nSPS) is 13.8. The van der Waals surface area contributed by atoms with Crippen molar-refractivity contribution in [2.45, 2.75) is 31.5 Å². The van der Waals surface area contributed by atoms with Crippen molar-refractivity contribution in [3.8, 4) is 0 Å². The van der Waals surface area contributed by atoms with Gasteiger partial charge in [-0.15, -0.1) is 0 Å². The highest BCUT2D eigenvalue weighted by molar-refractivity contribution is 9.09. The molecule has 0 amide bonds. The molecular weight excluding hydrogens is 610 g/mol. The molecule has 2 heterocycles. The summed E-state index contributed by atoms with van der Waals surface area (Å²) in [5.41, 5.74) is 5.97. The highest BCUT2D eigenvalue weighted by Crippen LogP contribution is 2.17. The molecule has 0 aliphatic heterocycles. The molecule has 196 valence electrons. The summed E-state index contributed by atoms with van der Waals surface area (Å²) in [6, 6.07) is 11.1. The standard InChI is InChI=1S/C13H13BrN2O2.C8H7N3.C4H7BrO3/c1-13(18,7-14)12(17)5-9-2-3-11-10(4-9)6-15-8-16-11;9-7-1-2-8-6(3-7)4-10-5-11-8;1-4(8,2-5)3(6)7/h2-4,6,8,18H,5,7H2,1H3;1-5H,9H2;8H,2H2,1H3,(H,6,7)/t13-;;4-/m0.0/s1. The monoisotopic (exact) mass is 635 g/mol. The second kappa shape index (κ2) is 13.5. The fourth-order valence-corrected chi connectivity index (χ4v) is 3.21. The van der Waals surface area contributed by atoms with Crippen LogP contribution < -0.4 is 5.73 Å². The lowest BCUT2D eigenvalue weighted by molar-refractivity contribution is -0.154. The molecule has 4 rings (SSSR count). The van der Waals surface area contributed by atoms with E-state index in [0.29, 0.717) is 0 Å². The van der Waals surface area contributed by atoms with Gasteiger partial charge in [0.05, 0.1) is 11.0 Å². The number of anilines is 1. The predicted molar refractivity (Wildman–Crippen MR) is 149 cm³/mol. The van der Waals surface area contributed by atoms with Crippen molar-refractivity contribution in [2.75, 3.05) is 16.4 Å². The van der Waals surface area contributed by atoms with Crippen molar-refractivity contribution in [1.29, 1.82) is 0 Å². The molecule has 0 aliphatic carbocycles. The summed E-state index contributed by atoms with van der Waals surface area (Å²) in [7, 11) is 0. The predicted octanol–water partition coefficient (Wildman–Crippen LogP) is 3.32. The van der Waals surface area contributed by atoms with Gasteiger partial charge in [-0.1, -0.05) is 37.9 Å². The average molecular weight is 637 g/mol. The molecule has 0 fully saturated rings. The zero-order valence-electron chi connectivity index (χ0n) is 20.2. The molecule has 0 spiro atoms. The van der Waals surface area contributed by atoms with E-state index in [1.165, 1.54) is 26.5 Å². The Morgan fingerprint density at radius 2 is 1.38 bits per heavy atom. The summed E-state index contributed by atoms with van der Waals surface area (Å²) in [5.74, 6) is -1.43. The number of nitrogens with zero attached hydrogens (tertiary/aromatic N) is 4. The first-order valence-electron chi connectivity index (χ1n) is 10.9. The largest absolute Gasteiger partial charge is 0.479 e. The smallest absolute Gasteiger partial charge is 0.336 e. The molecule has 37 heavy (non-hydrogen) atoms. The van der Waals surface area contributed by atoms with Crippen molar-refractivity contribution in [2.24, 2.45) is 0 Å². The van der Waals surface area contributed by atoms with Gasteiger partial charge in [0.15, 0.2) is 11.4 Å². The number of carbonyl (C=O) groups is 2. The van der Waals surface area contributed by atoms with Gasteiger partial charge >= 0.3 is 5.97 Å². The minimum atomic E-state index is -1.62. The van der Waals surface area contributed by atoms with Gasteiger partial charge in [0.25, 0.3) is 0 Å². The third-order valence-electron chi connectivity index (χ3n) is 5.04. The van der Waals surface area contributed by atoms with E-state index in [2.05, 4.69) is 51.8 Å². The van der Waals surface area contributed by atoms with Crippen LogP contribution in [0.4, 0.5) is 5.69 Å². The topological polar surface area (TPSA) is 172 Å². The van der Waals surface area contributed by atoms with E-state index in [9.17, 15) is 14.7 Å². The first-order valence-corrected chi connectivity index (χ1v) is 13.1. The van der Waals surface area contributed by atoms with Crippen molar-refractivity contribution in [3.63, 3.8) is 0 Å². The van der Waals surface area contributed by atoms with Crippen molar-refractivity contribution >= 4 is 71.1 Å². The number of hydrogen-bond acceptors (Lipinski definition) is 9. The summed E-state index contributed by atoms with van der Waals surface area (Å²) >= 11 is 5.97. The molecule has 0 bridgehead atoms. The quantitative estimate of drug-likeness (QED) is 0.182. The van der Waals surface area contributed by atoms with Gasteiger partial charge in [0.1, 0.15) is 18.3 Å². The fourth-order valence-electron chi connectivity index (χ4n) is 2.65. The van der Waals surface area contributed by atoms with Crippen molar-refractivity contribution in [1.82, 2.24) is 19.9 Å². The number of aromatic nitrogens is 4. The van der Waals surface area contributed by atoms with Gasteiger partial charge in [0.2, 0.25) is 0 Å². The van der Waals surface area contributed by atoms with E-state index in [1.54, 1.807) is 12.4 Å². The maximum atomic E-state index is 11.9. The van der Waals surface area contributed by atoms with Gasteiger partial charge in [-0.05, 0) is 49.7 Å². The molecule has 10 nitrogen and oxygen atoms in total. The van der Waals surface area contributed by atoms with Crippen LogP contribution in [-0.4, -0.2) is 68.9 Å². The van der Waals surface area contributed by atoms with Crippen LogP contribution >= 0.6 is 31.9 Å². The lowest BCUT2D eigenvalue weighted by Crippen LogP contribution is -2.38. The molecule has 2 aromatic heterocycles. The molecule has 0 saturated heterocycles. The number of benzene rings is 2. The molecule has 4 aromatic rings. The Balaban J connectivity index is 0.000000216. The lowest BCUT2D eigenvalue weighted by Gasteiger charge is -2.18. The third kappa shape index (κ3) is 9.08. The van der Waals surface area contributed by atoms with Crippen LogP contribution in [0.3, 0.4) is 0 Å². The van der Waals surface area contributed by atoms with E-state index < -0.39 is 17.2 Å².